The average molecular weight is 645 g/mol. The summed E-state index contributed by atoms with van der Waals surface area (Å²) < 4.78 is 9.97. The van der Waals surface area contributed by atoms with Crippen molar-refractivity contribution >= 4 is 39.7 Å². The molecule has 0 spiro atoms. The molecule has 12 nitrogen and oxygen atoms in total. The predicted octanol–water partition coefficient (Wildman–Crippen LogP) is 5.90. The Morgan fingerprint density at radius 1 is 0.750 bits per heavy atom. The number of nitrogens with zero attached hydrogens (tertiary/aromatic N) is 7. The van der Waals surface area contributed by atoms with Gasteiger partial charge in [0, 0.05) is 67.6 Å². The van der Waals surface area contributed by atoms with Crippen molar-refractivity contribution in [1.29, 1.82) is 0 Å². The summed E-state index contributed by atoms with van der Waals surface area (Å²) in [5.74, 6) is 1.81. The molecule has 6 aromatic heterocycles. The molecule has 2 fully saturated rings. The van der Waals surface area contributed by atoms with Crippen LogP contribution in [0.25, 0.3) is 33.6 Å². The molecule has 1 amide bonds. The molecule has 2 saturated heterocycles. The molecule has 2 aliphatic rings. The van der Waals surface area contributed by atoms with E-state index in [4.69, 9.17) is 4.74 Å². The second-order valence-corrected chi connectivity index (χ2v) is 12.8. The zero-order valence-corrected chi connectivity index (χ0v) is 27.2. The Morgan fingerprint density at radius 3 is 2.00 bits per heavy atom. The number of likely N-dealkylation sites (tertiary alicyclic amines) is 1. The van der Waals surface area contributed by atoms with E-state index in [-0.39, 0.29) is 12.0 Å². The Hall–Kier alpha value is -5.23. The molecule has 7 aromatic rings. The highest BCUT2D eigenvalue weighted by Crippen LogP contribution is 2.36. The molecule has 12 heteroatoms. The number of fused-ring (bicyclic) bond motifs is 6. The Morgan fingerprint density at radius 2 is 1.38 bits per heavy atom. The van der Waals surface area contributed by atoms with Gasteiger partial charge in [-0.05, 0) is 36.1 Å². The molecule has 0 bridgehead atoms. The third kappa shape index (κ3) is 5.35. The minimum atomic E-state index is -0.253. The van der Waals surface area contributed by atoms with Gasteiger partial charge in [-0.2, -0.15) is 0 Å². The van der Waals surface area contributed by atoms with E-state index in [0.717, 1.165) is 64.4 Å². The molecule has 0 radical (unpaired) electrons. The number of imidazole rings is 2. The quantitative estimate of drug-likeness (QED) is 0.205. The zero-order valence-electron chi connectivity index (χ0n) is 27.2. The molecule has 3 N–H and O–H groups in total. The van der Waals surface area contributed by atoms with Gasteiger partial charge in [0.1, 0.15) is 6.61 Å². The predicted molar refractivity (Wildman–Crippen MR) is 184 cm³/mol. The largest absolute Gasteiger partial charge is 0.445 e. The van der Waals surface area contributed by atoms with E-state index >= 15 is 0 Å². The van der Waals surface area contributed by atoms with Gasteiger partial charge in [-0.3, -0.25) is 8.80 Å². The number of amides is 1. The van der Waals surface area contributed by atoms with Gasteiger partial charge in [-0.15, -0.1) is 0 Å². The molecule has 4 atom stereocenters. The topological polar surface area (TPSA) is 134 Å². The lowest BCUT2D eigenvalue weighted by atomic mass is 9.91. The number of rotatable bonds is 6. The standard InChI is InChI=1S/C22H23N5O2.C14H17N5/c1-2-16-12-26(22(28)29-14-15-6-4-3-5-7-15)13-17(16)19-10-24-20-11-25-21-18(27(19)20)8-9-23-21;1-2-9-5-15-6-10(9)12-7-17-13-8-18-14-11(19(12)13)3-4-16-14/h3-11,16-17,23H,2,12-14H2,1H3;3-4,7-10,15-16H,2,5-6H2,1H3/t16-,17+;9-,10+/m11/s1. The first-order valence-electron chi connectivity index (χ1n) is 16.9. The number of benzene rings is 1. The normalized spacial score (nSPS) is 21.0. The maximum Gasteiger partial charge on any atom is 0.410 e. The summed E-state index contributed by atoms with van der Waals surface area (Å²) in [4.78, 5) is 38.8. The van der Waals surface area contributed by atoms with Crippen LogP contribution < -0.4 is 5.32 Å². The molecule has 8 heterocycles. The van der Waals surface area contributed by atoms with Gasteiger partial charge in [0.25, 0.3) is 0 Å². The van der Waals surface area contributed by atoms with Crippen molar-refractivity contribution in [2.24, 2.45) is 11.8 Å². The SMILES string of the molecule is CC[C@@H]1CN(C(=O)OCc2ccccc2)C[C@@H]1c1cnc2cnc3[nH]ccc3n12.CC[C@@H]1CNC[C@@H]1c1cnc2cnc3[nH]ccc3n12. The van der Waals surface area contributed by atoms with Gasteiger partial charge in [-0.1, -0.05) is 57.0 Å². The third-order valence-corrected chi connectivity index (χ3v) is 10.2. The zero-order chi connectivity index (χ0) is 32.6. The number of hydrogen-bond acceptors (Lipinski definition) is 7. The summed E-state index contributed by atoms with van der Waals surface area (Å²) in [5.41, 5.74) is 9.06. The molecule has 0 unspecified atom stereocenters. The Bertz CT molecular complexity index is 2180. The van der Waals surface area contributed by atoms with Gasteiger partial charge >= 0.3 is 6.09 Å². The van der Waals surface area contributed by atoms with Gasteiger partial charge in [0.2, 0.25) is 0 Å². The van der Waals surface area contributed by atoms with Crippen molar-refractivity contribution < 1.29 is 9.53 Å². The van der Waals surface area contributed by atoms with Crippen LogP contribution >= 0.6 is 0 Å². The summed E-state index contributed by atoms with van der Waals surface area (Å²) in [6, 6.07) is 13.9. The fourth-order valence-corrected chi connectivity index (χ4v) is 7.60. The van der Waals surface area contributed by atoms with Crippen LogP contribution in [0.1, 0.15) is 55.5 Å². The fourth-order valence-electron chi connectivity index (χ4n) is 7.60. The van der Waals surface area contributed by atoms with Gasteiger partial charge in [-0.25, -0.2) is 24.7 Å². The monoisotopic (exact) mass is 644 g/mol. The maximum absolute atomic E-state index is 12.7. The second-order valence-electron chi connectivity index (χ2n) is 12.8. The molecular formula is C36H40N10O2. The van der Waals surface area contributed by atoms with E-state index < -0.39 is 0 Å². The molecule has 1 aromatic carbocycles. The van der Waals surface area contributed by atoms with Crippen LogP contribution in [0.2, 0.25) is 0 Å². The summed E-state index contributed by atoms with van der Waals surface area (Å²) in [5, 5.41) is 3.50. The number of aromatic nitrogens is 8. The van der Waals surface area contributed by atoms with Crippen molar-refractivity contribution in [3.63, 3.8) is 0 Å². The molecule has 2 aliphatic heterocycles. The highest BCUT2D eigenvalue weighted by molar-refractivity contribution is 5.76. The van der Waals surface area contributed by atoms with Gasteiger partial charge < -0.3 is 24.9 Å². The number of carbonyl (C=O) groups is 1. The minimum Gasteiger partial charge on any atom is -0.445 e. The highest BCUT2D eigenvalue weighted by atomic mass is 16.6. The Kier molecular flexibility index (Phi) is 8.01. The lowest BCUT2D eigenvalue weighted by Gasteiger charge is -2.16. The lowest BCUT2D eigenvalue weighted by molar-refractivity contribution is 0.103. The third-order valence-electron chi connectivity index (χ3n) is 10.2. The van der Waals surface area contributed by atoms with Crippen molar-refractivity contribution in [3.8, 4) is 0 Å². The van der Waals surface area contributed by atoms with Crippen LogP contribution in [-0.4, -0.2) is 75.9 Å². The van der Waals surface area contributed by atoms with E-state index in [9.17, 15) is 4.79 Å². The summed E-state index contributed by atoms with van der Waals surface area (Å²) in [6.45, 7) is 8.21. The van der Waals surface area contributed by atoms with Crippen LogP contribution in [0.15, 0.2) is 79.6 Å². The number of aromatic amines is 2. The number of H-pyrrole nitrogens is 2. The number of nitrogens with one attached hydrogen (secondary N) is 3. The Balaban J connectivity index is 0.000000153. The van der Waals surface area contributed by atoms with Crippen molar-refractivity contribution in [1.82, 2.24) is 48.9 Å². The molecule has 48 heavy (non-hydrogen) atoms. The number of ether oxygens (including phenoxy) is 1. The number of hydrogen-bond donors (Lipinski definition) is 3. The summed E-state index contributed by atoms with van der Waals surface area (Å²) in [7, 11) is 0. The Labute approximate surface area is 277 Å². The van der Waals surface area contributed by atoms with E-state index in [1.54, 1.807) is 6.20 Å². The number of carbonyl (C=O) groups excluding carboxylic acids is 1. The van der Waals surface area contributed by atoms with Crippen molar-refractivity contribution in [3.05, 3.63) is 96.6 Å². The van der Waals surface area contributed by atoms with Gasteiger partial charge in [0.15, 0.2) is 22.6 Å². The van der Waals surface area contributed by atoms with Crippen molar-refractivity contribution in [2.45, 2.75) is 45.1 Å². The molecule has 0 aliphatic carbocycles. The first kappa shape index (κ1) is 30.1. The van der Waals surface area contributed by atoms with E-state index in [1.807, 2.05) is 72.3 Å². The molecule has 0 saturated carbocycles. The van der Waals surface area contributed by atoms with E-state index in [2.05, 4.69) is 63.9 Å². The summed E-state index contributed by atoms with van der Waals surface area (Å²) >= 11 is 0. The molecule has 9 rings (SSSR count). The van der Waals surface area contributed by atoms with Crippen molar-refractivity contribution in [2.75, 3.05) is 26.2 Å². The average Bonchev–Trinajstić information content (AvgIpc) is 3.97. The lowest BCUT2D eigenvalue weighted by Crippen LogP contribution is -2.29. The molecular weight excluding hydrogens is 604 g/mol. The highest BCUT2D eigenvalue weighted by Gasteiger charge is 2.38. The van der Waals surface area contributed by atoms with Crippen LogP contribution in [-0.2, 0) is 11.3 Å². The maximum atomic E-state index is 12.7. The molecule has 246 valence electrons. The van der Waals surface area contributed by atoms with Crippen LogP contribution in [0, 0.1) is 11.8 Å². The van der Waals surface area contributed by atoms with Crippen LogP contribution in [0.5, 0.6) is 0 Å². The van der Waals surface area contributed by atoms with E-state index in [1.165, 1.54) is 12.1 Å². The van der Waals surface area contributed by atoms with Gasteiger partial charge in [0.05, 0.1) is 23.4 Å². The van der Waals surface area contributed by atoms with Crippen LogP contribution in [0.4, 0.5) is 4.79 Å². The smallest absolute Gasteiger partial charge is 0.410 e. The van der Waals surface area contributed by atoms with Crippen LogP contribution in [0.3, 0.4) is 0 Å². The first-order chi connectivity index (χ1) is 23.6. The summed E-state index contributed by atoms with van der Waals surface area (Å²) in [6.07, 6.45) is 13.3. The first-order valence-corrected chi connectivity index (χ1v) is 16.9. The van der Waals surface area contributed by atoms with E-state index in [0.29, 0.717) is 37.5 Å². The fraction of sp³-hybridized carbons (Fsp3) is 0.361. The second kappa shape index (κ2) is 12.8. The minimum absolute atomic E-state index is 0.208.